The largest absolute Gasteiger partial charge is 0.445 e. The van der Waals surface area contributed by atoms with Crippen LogP contribution in [-0.2, 0) is 11.3 Å². The molecule has 1 aromatic rings. The Morgan fingerprint density at radius 3 is 2.69 bits per heavy atom. The third-order valence-corrected chi connectivity index (χ3v) is 2.33. The normalized spacial score (nSPS) is 11.6. The lowest BCUT2D eigenvalue weighted by Gasteiger charge is -2.12. The van der Waals surface area contributed by atoms with Gasteiger partial charge in [0.15, 0.2) is 0 Å². The van der Waals surface area contributed by atoms with Crippen molar-refractivity contribution in [3.05, 3.63) is 35.9 Å². The molecule has 0 radical (unpaired) electrons. The maximum absolute atomic E-state index is 11.3. The van der Waals surface area contributed by atoms with Crippen molar-refractivity contribution in [1.29, 1.82) is 0 Å². The molecule has 0 heterocycles. The summed E-state index contributed by atoms with van der Waals surface area (Å²) in [4.78, 5) is 11.5. The monoisotopic (exact) mass is 238 g/mol. The molecule has 1 aromatic carbocycles. The molecule has 0 aliphatic rings. The number of carbonyl (C=O) groups excluding carboxylic acids is 1. The first kappa shape index (κ1) is 12.4. The maximum Gasteiger partial charge on any atom is 0.408 e. The van der Waals surface area contributed by atoms with Crippen molar-refractivity contribution in [3.8, 4) is 0 Å². The Hall–Kier alpha value is -1.62. The highest BCUT2D eigenvalue weighted by atomic mass is 32.1. The molecule has 16 heavy (non-hydrogen) atoms. The van der Waals surface area contributed by atoms with Crippen LogP contribution in [0.5, 0.6) is 0 Å². The number of hydrogen-bond donors (Lipinski definition) is 2. The molecule has 0 aliphatic carbocycles. The van der Waals surface area contributed by atoms with Crippen LogP contribution < -0.4 is 11.1 Å². The van der Waals surface area contributed by atoms with Gasteiger partial charge in [-0.3, -0.25) is 0 Å². The molecule has 1 amide bonds. The topological polar surface area (TPSA) is 64.3 Å². The number of amides is 1. The van der Waals surface area contributed by atoms with Crippen molar-refractivity contribution in [2.75, 3.05) is 0 Å². The number of nitrogens with two attached hydrogens (primary N) is 1. The second-order valence-electron chi connectivity index (χ2n) is 3.33. The average molecular weight is 238 g/mol. The van der Waals surface area contributed by atoms with Gasteiger partial charge in [0, 0.05) is 0 Å². The first-order valence-corrected chi connectivity index (χ1v) is 5.27. The van der Waals surface area contributed by atoms with Crippen molar-refractivity contribution in [1.82, 2.24) is 5.32 Å². The van der Waals surface area contributed by atoms with Crippen LogP contribution in [0, 0.1) is 0 Å². The van der Waals surface area contributed by atoms with E-state index in [1.807, 2.05) is 30.3 Å². The number of nitrogens with one attached hydrogen (secondary N) is 1. The molecule has 4 nitrogen and oxygen atoms in total. The predicted molar refractivity (Wildman–Crippen MR) is 66.0 cm³/mol. The van der Waals surface area contributed by atoms with E-state index in [1.165, 1.54) is 0 Å². The lowest BCUT2D eigenvalue weighted by Crippen LogP contribution is -2.41. The van der Waals surface area contributed by atoms with E-state index in [1.54, 1.807) is 6.92 Å². The minimum absolute atomic E-state index is 0.233. The van der Waals surface area contributed by atoms with Crippen molar-refractivity contribution in [3.63, 3.8) is 0 Å². The standard InChI is InChI=1S/C11H14N2O2S/c1-8(10(12)16)13-11(14)15-7-9-5-3-2-4-6-9/h2-6,8H,7H2,1H3,(H2,12,16)(H,13,14). The molecule has 0 aromatic heterocycles. The smallest absolute Gasteiger partial charge is 0.408 e. The van der Waals surface area contributed by atoms with Crippen molar-refractivity contribution >= 4 is 23.3 Å². The summed E-state index contributed by atoms with van der Waals surface area (Å²) in [6, 6.07) is 9.06. The lowest BCUT2D eigenvalue weighted by atomic mass is 10.2. The first-order chi connectivity index (χ1) is 7.59. The van der Waals surface area contributed by atoms with Gasteiger partial charge in [0.2, 0.25) is 0 Å². The zero-order chi connectivity index (χ0) is 12.0. The van der Waals surface area contributed by atoms with Gasteiger partial charge >= 0.3 is 6.09 Å². The Balaban J connectivity index is 2.33. The van der Waals surface area contributed by atoms with Crippen molar-refractivity contribution in [2.24, 2.45) is 5.73 Å². The summed E-state index contributed by atoms with van der Waals surface area (Å²) in [5.41, 5.74) is 6.28. The van der Waals surface area contributed by atoms with E-state index in [2.05, 4.69) is 5.32 Å². The minimum Gasteiger partial charge on any atom is -0.445 e. The molecular formula is C11H14N2O2S. The molecule has 1 rings (SSSR count). The van der Waals surface area contributed by atoms with E-state index in [4.69, 9.17) is 22.7 Å². The highest BCUT2D eigenvalue weighted by molar-refractivity contribution is 7.80. The number of hydrogen-bond acceptors (Lipinski definition) is 3. The second kappa shape index (κ2) is 6.07. The highest BCUT2D eigenvalue weighted by Crippen LogP contribution is 2.00. The average Bonchev–Trinajstić information content (AvgIpc) is 2.27. The van der Waals surface area contributed by atoms with Gasteiger partial charge in [-0.25, -0.2) is 4.79 Å². The number of benzene rings is 1. The molecule has 0 spiro atoms. The summed E-state index contributed by atoms with van der Waals surface area (Å²) in [6.07, 6.45) is -0.524. The molecule has 0 fully saturated rings. The molecule has 0 saturated heterocycles. The van der Waals surface area contributed by atoms with E-state index in [0.717, 1.165) is 5.56 Å². The summed E-state index contributed by atoms with van der Waals surface area (Å²) in [5.74, 6) is 0. The third-order valence-electron chi connectivity index (χ3n) is 1.97. The Morgan fingerprint density at radius 1 is 1.50 bits per heavy atom. The predicted octanol–water partition coefficient (Wildman–Crippen LogP) is 1.59. The zero-order valence-corrected chi connectivity index (χ0v) is 9.79. The molecule has 0 bridgehead atoms. The van der Waals surface area contributed by atoms with Crippen LogP contribution >= 0.6 is 12.2 Å². The van der Waals surface area contributed by atoms with Crippen LogP contribution in [-0.4, -0.2) is 17.1 Å². The summed E-state index contributed by atoms with van der Waals surface area (Å²) in [5, 5.41) is 2.52. The number of thiocarbonyl (C=S) groups is 1. The Kier molecular flexibility index (Phi) is 4.72. The fourth-order valence-electron chi connectivity index (χ4n) is 1.01. The molecule has 1 unspecified atom stereocenters. The SMILES string of the molecule is CC(NC(=O)OCc1ccccc1)C(N)=S. The fourth-order valence-corrected chi connectivity index (χ4v) is 1.07. The number of rotatable bonds is 4. The van der Waals surface area contributed by atoms with E-state index in [0.29, 0.717) is 0 Å². The fraction of sp³-hybridized carbons (Fsp3) is 0.273. The number of ether oxygens (including phenoxy) is 1. The second-order valence-corrected chi connectivity index (χ2v) is 3.80. The van der Waals surface area contributed by atoms with E-state index < -0.39 is 6.09 Å². The van der Waals surface area contributed by atoms with Gasteiger partial charge in [-0.1, -0.05) is 42.5 Å². The number of alkyl carbamates (subject to hydrolysis) is 1. The summed E-state index contributed by atoms with van der Waals surface area (Å²) >= 11 is 4.72. The summed E-state index contributed by atoms with van der Waals surface area (Å²) in [7, 11) is 0. The molecular weight excluding hydrogens is 224 g/mol. The van der Waals surface area contributed by atoms with Crippen molar-refractivity contribution < 1.29 is 9.53 Å². The van der Waals surface area contributed by atoms with E-state index >= 15 is 0 Å². The first-order valence-electron chi connectivity index (χ1n) is 4.86. The van der Waals surface area contributed by atoms with Gasteiger partial charge in [-0.05, 0) is 12.5 Å². The highest BCUT2D eigenvalue weighted by Gasteiger charge is 2.09. The van der Waals surface area contributed by atoms with Crippen LogP contribution in [0.1, 0.15) is 12.5 Å². The van der Waals surface area contributed by atoms with Crippen LogP contribution in [0.2, 0.25) is 0 Å². The van der Waals surface area contributed by atoms with Crippen LogP contribution in [0.25, 0.3) is 0 Å². The molecule has 0 aliphatic heterocycles. The van der Waals surface area contributed by atoms with Gasteiger partial charge < -0.3 is 15.8 Å². The van der Waals surface area contributed by atoms with E-state index in [9.17, 15) is 4.79 Å². The van der Waals surface area contributed by atoms with Gasteiger partial charge in [0.05, 0.1) is 11.0 Å². The molecule has 1 atom stereocenters. The van der Waals surface area contributed by atoms with Gasteiger partial charge in [0.25, 0.3) is 0 Å². The maximum atomic E-state index is 11.3. The zero-order valence-electron chi connectivity index (χ0n) is 8.97. The minimum atomic E-state index is -0.524. The quantitative estimate of drug-likeness (QED) is 0.782. The van der Waals surface area contributed by atoms with Crippen LogP contribution in [0.15, 0.2) is 30.3 Å². The van der Waals surface area contributed by atoms with E-state index in [-0.39, 0.29) is 17.6 Å². The Bertz CT molecular complexity index is 368. The van der Waals surface area contributed by atoms with Gasteiger partial charge in [-0.2, -0.15) is 0 Å². The molecule has 86 valence electrons. The molecule has 0 saturated carbocycles. The lowest BCUT2D eigenvalue weighted by molar-refractivity contribution is 0.138. The Labute approximate surface area is 99.8 Å². The van der Waals surface area contributed by atoms with Crippen molar-refractivity contribution in [2.45, 2.75) is 19.6 Å². The van der Waals surface area contributed by atoms with Crippen LogP contribution in [0.3, 0.4) is 0 Å². The molecule has 5 heteroatoms. The summed E-state index contributed by atoms with van der Waals surface area (Å²) in [6.45, 7) is 1.93. The Morgan fingerprint density at radius 2 is 2.12 bits per heavy atom. The summed E-state index contributed by atoms with van der Waals surface area (Å²) < 4.78 is 4.98. The van der Waals surface area contributed by atoms with Crippen LogP contribution in [0.4, 0.5) is 4.79 Å². The molecule has 3 N–H and O–H groups in total. The third kappa shape index (κ3) is 4.27. The van der Waals surface area contributed by atoms with Gasteiger partial charge in [-0.15, -0.1) is 0 Å². The van der Waals surface area contributed by atoms with Gasteiger partial charge in [0.1, 0.15) is 6.61 Å². The number of carbonyl (C=O) groups is 1.